The van der Waals surface area contributed by atoms with Gasteiger partial charge >= 0.3 is 0 Å². The van der Waals surface area contributed by atoms with E-state index >= 15 is 0 Å². The molecule has 206 valence electrons. The molecule has 10 nitrogen and oxygen atoms in total. The smallest absolute Gasteiger partial charge is 0.238 e. The fourth-order valence-corrected chi connectivity index (χ4v) is 5.68. The minimum Gasteiger partial charge on any atom is -0.385 e. The van der Waals surface area contributed by atoms with Crippen molar-refractivity contribution in [1.29, 1.82) is 5.26 Å². The van der Waals surface area contributed by atoms with Crippen LogP contribution in [0.15, 0.2) is 24.3 Å². The van der Waals surface area contributed by atoms with Crippen molar-refractivity contribution in [2.75, 3.05) is 63.6 Å². The van der Waals surface area contributed by atoms with Gasteiger partial charge in [0, 0.05) is 44.5 Å². The fourth-order valence-electron chi connectivity index (χ4n) is 4.09. The van der Waals surface area contributed by atoms with Crippen molar-refractivity contribution in [2.45, 2.75) is 37.3 Å². The highest BCUT2D eigenvalue weighted by Gasteiger charge is 2.40. The fraction of sp³-hybridized carbons (Fsp3) is 0.556. The zero-order valence-corrected chi connectivity index (χ0v) is 23.2. The number of terminal acetylenes is 1. The molecular weight excluding hydrogens is 504 g/mol. The molecule has 1 saturated heterocycles. The molecule has 0 radical (unpaired) electrons. The van der Waals surface area contributed by atoms with Gasteiger partial charge in [-0.1, -0.05) is 18.9 Å². The summed E-state index contributed by atoms with van der Waals surface area (Å²) in [6.07, 6.45) is 6.02. The van der Waals surface area contributed by atoms with Crippen LogP contribution >= 0.6 is 11.8 Å². The van der Waals surface area contributed by atoms with Crippen molar-refractivity contribution in [2.24, 2.45) is 5.92 Å². The molecule has 1 aromatic carbocycles. The molecular formula is C27H38N6O4S. The van der Waals surface area contributed by atoms with E-state index in [0.29, 0.717) is 38.3 Å². The summed E-state index contributed by atoms with van der Waals surface area (Å²) in [5.41, 5.74) is 1.53. The summed E-state index contributed by atoms with van der Waals surface area (Å²) >= 11 is 1.49. The van der Waals surface area contributed by atoms with Crippen LogP contribution in [0.5, 0.6) is 0 Å². The van der Waals surface area contributed by atoms with Crippen LogP contribution in [-0.2, 0) is 19.1 Å². The Balaban J connectivity index is 1.88. The molecule has 1 heterocycles. The SMILES string of the molecule is C#CCNC(=O)C(C#N)CC1SC(CCNc2cccc(NC(=O)CN(CC)CCOC)c2)C(=O)N1CC. The highest BCUT2D eigenvalue weighted by atomic mass is 32.2. The van der Waals surface area contributed by atoms with Crippen molar-refractivity contribution in [3.05, 3.63) is 24.3 Å². The third kappa shape index (κ3) is 9.56. The van der Waals surface area contributed by atoms with Crippen LogP contribution in [0.4, 0.5) is 11.4 Å². The number of nitrogens with one attached hydrogen (secondary N) is 3. The number of ether oxygens (including phenoxy) is 1. The van der Waals surface area contributed by atoms with Crippen molar-refractivity contribution < 1.29 is 19.1 Å². The van der Waals surface area contributed by atoms with Crippen LogP contribution in [0, 0.1) is 29.6 Å². The molecule has 38 heavy (non-hydrogen) atoms. The van der Waals surface area contributed by atoms with Gasteiger partial charge in [0.25, 0.3) is 0 Å². The highest BCUT2D eigenvalue weighted by Crippen LogP contribution is 2.37. The predicted octanol–water partition coefficient (Wildman–Crippen LogP) is 1.96. The van der Waals surface area contributed by atoms with Crippen LogP contribution in [-0.4, -0.2) is 91.1 Å². The Morgan fingerprint density at radius 3 is 2.74 bits per heavy atom. The zero-order valence-electron chi connectivity index (χ0n) is 22.4. The summed E-state index contributed by atoms with van der Waals surface area (Å²) in [6.45, 7) is 7.31. The Morgan fingerprint density at radius 2 is 2.08 bits per heavy atom. The largest absolute Gasteiger partial charge is 0.385 e. The van der Waals surface area contributed by atoms with E-state index in [4.69, 9.17) is 11.2 Å². The third-order valence-electron chi connectivity index (χ3n) is 6.15. The Kier molecular flexibility index (Phi) is 13.5. The first-order valence-corrected chi connectivity index (χ1v) is 13.7. The van der Waals surface area contributed by atoms with E-state index in [2.05, 4.69) is 21.9 Å². The first-order valence-electron chi connectivity index (χ1n) is 12.8. The van der Waals surface area contributed by atoms with Gasteiger partial charge in [0.05, 0.1) is 36.4 Å². The van der Waals surface area contributed by atoms with Gasteiger partial charge in [-0.25, -0.2) is 0 Å². The van der Waals surface area contributed by atoms with E-state index in [1.54, 1.807) is 12.0 Å². The standard InChI is InChI=1S/C27H38N6O4S/c1-5-12-30-26(35)20(18-28)16-25-33(7-3)27(36)23(38-25)11-13-29-21-9-8-10-22(17-21)31-24(34)19-32(6-2)14-15-37-4/h1,8-10,17,20,23,25,29H,6-7,11-16,19H2,2-4H3,(H,30,35)(H,31,34). The second-order valence-electron chi connectivity index (χ2n) is 8.75. The molecule has 1 aliphatic rings. The molecule has 2 rings (SSSR count). The average Bonchev–Trinajstić information content (AvgIpc) is 3.21. The number of benzene rings is 1. The quantitative estimate of drug-likeness (QED) is 0.271. The minimum atomic E-state index is -0.873. The lowest BCUT2D eigenvalue weighted by Gasteiger charge is -2.23. The Morgan fingerprint density at radius 1 is 1.32 bits per heavy atom. The first kappa shape index (κ1) is 31.0. The number of thioether (sulfide) groups is 1. The normalized spacial score (nSPS) is 17.5. The van der Waals surface area contributed by atoms with E-state index in [1.807, 2.05) is 49.1 Å². The average molecular weight is 543 g/mol. The van der Waals surface area contributed by atoms with Gasteiger partial charge in [-0.3, -0.25) is 19.3 Å². The van der Waals surface area contributed by atoms with Gasteiger partial charge in [0.15, 0.2) is 0 Å². The van der Waals surface area contributed by atoms with E-state index < -0.39 is 11.8 Å². The molecule has 0 aliphatic carbocycles. The molecule has 3 amide bonds. The van der Waals surface area contributed by atoms with Gasteiger partial charge in [-0.2, -0.15) is 5.26 Å². The molecule has 1 fully saturated rings. The number of amides is 3. The molecule has 0 saturated carbocycles. The number of hydrogen-bond acceptors (Lipinski definition) is 8. The number of rotatable bonds is 16. The summed E-state index contributed by atoms with van der Waals surface area (Å²) < 4.78 is 5.09. The topological polar surface area (TPSA) is 127 Å². The zero-order chi connectivity index (χ0) is 27.9. The van der Waals surface area contributed by atoms with E-state index in [1.165, 1.54) is 11.8 Å². The maximum absolute atomic E-state index is 13.0. The summed E-state index contributed by atoms with van der Waals surface area (Å²) in [5.74, 6) is 0.959. The molecule has 3 N–H and O–H groups in total. The number of anilines is 2. The Bertz CT molecular complexity index is 1020. The molecule has 0 aromatic heterocycles. The summed E-state index contributed by atoms with van der Waals surface area (Å²) in [6, 6.07) is 9.50. The van der Waals surface area contributed by atoms with Crippen molar-refractivity contribution >= 4 is 40.9 Å². The van der Waals surface area contributed by atoms with E-state index in [9.17, 15) is 19.6 Å². The first-order chi connectivity index (χ1) is 18.4. The number of hydrogen-bond donors (Lipinski definition) is 3. The van der Waals surface area contributed by atoms with Crippen LogP contribution in [0.2, 0.25) is 0 Å². The van der Waals surface area contributed by atoms with Crippen molar-refractivity contribution in [1.82, 2.24) is 15.1 Å². The van der Waals surface area contributed by atoms with Crippen LogP contribution in [0.3, 0.4) is 0 Å². The molecule has 1 aliphatic heterocycles. The van der Waals surface area contributed by atoms with Crippen LogP contribution in [0.1, 0.15) is 26.7 Å². The highest BCUT2D eigenvalue weighted by molar-refractivity contribution is 8.01. The monoisotopic (exact) mass is 542 g/mol. The number of carbonyl (C=O) groups excluding carboxylic acids is 3. The maximum Gasteiger partial charge on any atom is 0.238 e. The number of carbonyl (C=O) groups is 3. The predicted molar refractivity (Wildman–Crippen MR) is 150 cm³/mol. The lowest BCUT2D eigenvalue weighted by Crippen LogP contribution is -2.38. The van der Waals surface area contributed by atoms with Crippen molar-refractivity contribution in [3.8, 4) is 18.4 Å². The summed E-state index contributed by atoms with van der Waals surface area (Å²) in [7, 11) is 1.64. The Labute approximate surface area is 229 Å². The minimum absolute atomic E-state index is 0.0139. The second kappa shape index (κ2) is 16.6. The van der Waals surface area contributed by atoms with E-state index in [-0.39, 0.29) is 41.9 Å². The van der Waals surface area contributed by atoms with E-state index in [0.717, 1.165) is 12.2 Å². The van der Waals surface area contributed by atoms with Crippen LogP contribution in [0.25, 0.3) is 0 Å². The summed E-state index contributed by atoms with van der Waals surface area (Å²) in [4.78, 5) is 41.4. The second-order valence-corrected chi connectivity index (χ2v) is 10.1. The maximum atomic E-state index is 13.0. The van der Waals surface area contributed by atoms with Gasteiger partial charge in [-0.05, 0) is 38.1 Å². The summed E-state index contributed by atoms with van der Waals surface area (Å²) in [5, 5.41) is 17.8. The van der Waals surface area contributed by atoms with Gasteiger partial charge < -0.3 is 25.6 Å². The number of methoxy groups -OCH3 is 1. The lowest BCUT2D eigenvalue weighted by molar-refractivity contribution is -0.131. The number of likely N-dealkylation sites (N-methyl/N-ethyl adjacent to an activating group) is 1. The van der Waals surface area contributed by atoms with Crippen molar-refractivity contribution in [3.63, 3.8) is 0 Å². The molecule has 11 heteroatoms. The molecule has 3 unspecified atom stereocenters. The van der Waals surface area contributed by atoms with Gasteiger partial charge in [-0.15, -0.1) is 18.2 Å². The molecule has 1 aromatic rings. The molecule has 3 atom stereocenters. The van der Waals surface area contributed by atoms with Gasteiger partial charge in [0.2, 0.25) is 17.7 Å². The van der Waals surface area contributed by atoms with Crippen LogP contribution < -0.4 is 16.0 Å². The third-order valence-corrected chi connectivity index (χ3v) is 7.68. The lowest BCUT2D eigenvalue weighted by atomic mass is 10.1. The Hall–Kier alpha value is -3.25. The molecule has 0 bridgehead atoms. The number of nitriles is 1. The molecule has 0 spiro atoms. The number of nitrogens with zero attached hydrogens (tertiary/aromatic N) is 3. The van der Waals surface area contributed by atoms with Gasteiger partial charge in [0.1, 0.15) is 5.92 Å².